The predicted molar refractivity (Wildman–Crippen MR) is 101 cm³/mol. The van der Waals surface area contributed by atoms with E-state index in [1.165, 1.54) is 10.9 Å². The molecule has 1 aromatic heterocycles. The maximum Gasteiger partial charge on any atom is 0.322 e. The van der Waals surface area contributed by atoms with E-state index in [1.54, 1.807) is 4.90 Å². The third kappa shape index (κ3) is 4.30. The van der Waals surface area contributed by atoms with Crippen LogP contribution in [-0.4, -0.2) is 27.3 Å². The van der Waals surface area contributed by atoms with E-state index in [1.807, 2.05) is 32.0 Å². The van der Waals surface area contributed by atoms with Gasteiger partial charge in [-0.15, -0.1) is 0 Å². The first-order valence-electron chi connectivity index (χ1n) is 9.27. The Morgan fingerprint density at radius 3 is 2.86 bits per heavy atom. The van der Waals surface area contributed by atoms with Gasteiger partial charge >= 0.3 is 6.03 Å². The van der Waals surface area contributed by atoms with E-state index in [0.717, 1.165) is 16.7 Å². The standard InChI is InChI=1S/C20H23F2N5O/c1-13(2)10-27-12-17(18(25-27)19(21)22)24-20(28)26-9-7-16-14(6-8-23)4-3-5-15(16)11-26/h3-5,12-13,19H,6-7,9-11H2,1-2H3,(H,24,28). The van der Waals surface area contributed by atoms with Crippen LogP contribution in [0.2, 0.25) is 0 Å². The highest BCUT2D eigenvalue weighted by atomic mass is 19.3. The third-order valence-corrected chi connectivity index (χ3v) is 4.71. The van der Waals surface area contributed by atoms with Gasteiger partial charge in [0.15, 0.2) is 5.69 Å². The van der Waals surface area contributed by atoms with Crippen LogP contribution in [0.4, 0.5) is 19.3 Å². The molecule has 0 aliphatic carbocycles. The third-order valence-electron chi connectivity index (χ3n) is 4.71. The van der Waals surface area contributed by atoms with Crippen molar-refractivity contribution in [2.24, 2.45) is 5.92 Å². The summed E-state index contributed by atoms with van der Waals surface area (Å²) in [6.07, 6.45) is -0.335. The number of fused-ring (bicyclic) bond motifs is 1. The Morgan fingerprint density at radius 1 is 1.39 bits per heavy atom. The van der Waals surface area contributed by atoms with Crippen LogP contribution in [0, 0.1) is 17.2 Å². The van der Waals surface area contributed by atoms with Crippen LogP contribution < -0.4 is 5.32 Å². The van der Waals surface area contributed by atoms with Crippen molar-refractivity contribution in [3.63, 3.8) is 0 Å². The average molecular weight is 387 g/mol. The van der Waals surface area contributed by atoms with E-state index in [2.05, 4.69) is 16.5 Å². The molecule has 0 spiro atoms. The normalized spacial score (nSPS) is 13.5. The second kappa shape index (κ2) is 8.38. The van der Waals surface area contributed by atoms with Gasteiger partial charge in [0.2, 0.25) is 0 Å². The highest BCUT2D eigenvalue weighted by molar-refractivity contribution is 5.90. The van der Waals surface area contributed by atoms with Gasteiger partial charge in [0.1, 0.15) is 0 Å². The molecule has 2 amide bonds. The lowest BCUT2D eigenvalue weighted by molar-refractivity contribution is 0.145. The smallest absolute Gasteiger partial charge is 0.320 e. The van der Waals surface area contributed by atoms with Crippen molar-refractivity contribution in [3.8, 4) is 6.07 Å². The highest BCUT2D eigenvalue weighted by Gasteiger charge is 2.25. The molecule has 0 radical (unpaired) electrons. The number of nitrogens with zero attached hydrogens (tertiary/aromatic N) is 4. The monoisotopic (exact) mass is 387 g/mol. The summed E-state index contributed by atoms with van der Waals surface area (Å²) in [5.41, 5.74) is 2.70. The predicted octanol–water partition coefficient (Wildman–Crippen LogP) is 4.13. The second-order valence-corrected chi connectivity index (χ2v) is 7.34. The van der Waals surface area contributed by atoms with Crippen molar-refractivity contribution >= 4 is 11.7 Å². The number of alkyl halides is 2. The van der Waals surface area contributed by atoms with Crippen LogP contribution in [-0.2, 0) is 25.9 Å². The Labute approximate surface area is 162 Å². The number of hydrogen-bond acceptors (Lipinski definition) is 3. The molecule has 1 aliphatic heterocycles. The van der Waals surface area contributed by atoms with E-state index >= 15 is 0 Å². The quantitative estimate of drug-likeness (QED) is 0.838. The largest absolute Gasteiger partial charge is 0.322 e. The SMILES string of the molecule is CC(C)Cn1cc(NC(=O)N2CCc3c(CC#N)cccc3C2)c(C(F)F)n1. The van der Waals surface area contributed by atoms with E-state index < -0.39 is 18.2 Å². The Bertz CT molecular complexity index is 900. The number of anilines is 1. The van der Waals surface area contributed by atoms with Crippen LogP contribution in [0.3, 0.4) is 0 Å². The summed E-state index contributed by atoms with van der Waals surface area (Å²) in [6.45, 7) is 5.27. The van der Waals surface area contributed by atoms with Gasteiger partial charge in [0, 0.05) is 25.8 Å². The molecule has 8 heteroatoms. The van der Waals surface area contributed by atoms with Gasteiger partial charge in [-0.25, -0.2) is 13.6 Å². The number of nitriles is 1. The molecule has 0 saturated carbocycles. The molecule has 1 aliphatic rings. The van der Waals surface area contributed by atoms with Crippen molar-refractivity contribution in [1.29, 1.82) is 5.26 Å². The molecule has 148 valence electrons. The maximum atomic E-state index is 13.3. The molecule has 0 saturated heterocycles. The molecule has 28 heavy (non-hydrogen) atoms. The van der Waals surface area contributed by atoms with E-state index in [9.17, 15) is 13.6 Å². The number of amides is 2. The highest BCUT2D eigenvalue weighted by Crippen LogP contribution is 2.27. The first-order chi connectivity index (χ1) is 13.4. The number of hydrogen-bond donors (Lipinski definition) is 1. The first kappa shape index (κ1) is 19.8. The first-order valence-corrected chi connectivity index (χ1v) is 9.27. The van der Waals surface area contributed by atoms with E-state index in [4.69, 9.17) is 5.26 Å². The molecule has 0 atom stereocenters. The zero-order valence-electron chi connectivity index (χ0n) is 16.0. The van der Waals surface area contributed by atoms with Crippen molar-refractivity contribution in [1.82, 2.24) is 14.7 Å². The number of halogens is 2. The molecule has 2 aromatic rings. The summed E-state index contributed by atoms with van der Waals surface area (Å²) >= 11 is 0. The Kier molecular flexibility index (Phi) is 5.93. The van der Waals surface area contributed by atoms with Crippen molar-refractivity contribution < 1.29 is 13.6 Å². The van der Waals surface area contributed by atoms with Gasteiger partial charge in [-0.2, -0.15) is 10.4 Å². The Hall–Kier alpha value is -2.95. The van der Waals surface area contributed by atoms with Gasteiger partial charge in [-0.1, -0.05) is 32.0 Å². The summed E-state index contributed by atoms with van der Waals surface area (Å²) in [6, 6.07) is 7.46. The van der Waals surface area contributed by atoms with Crippen LogP contribution in [0.25, 0.3) is 0 Å². The van der Waals surface area contributed by atoms with Gasteiger partial charge in [0.25, 0.3) is 6.43 Å². The lowest BCUT2D eigenvalue weighted by Gasteiger charge is -2.30. The summed E-state index contributed by atoms with van der Waals surface area (Å²) < 4.78 is 28.1. The number of carbonyl (C=O) groups excluding carboxylic acids is 1. The van der Waals surface area contributed by atoms with E-state index in [-0.39, 0.29) is 11.6 Å². The second-order valence-electron chi connectivity index (χ2n) is 7.34. The zero-order chi connectivity index (χ0) is 20.3. The topological polar surface area (TPSA) is 74.0 Å². The molecule has 1 aromatic carbocycles. The minimum atomic E-state index is -2.76. The molecule has 0 unspecified atom stereocenters. The Morgan fingerprint density at radius 2 is 2.18 bits per heavy atom. The molecule has 6 nitrogen and oxygen atoms in total. The summed E-state index contributed by atoms with van der Waals surface area (Å²) in [5, 5.41) is 15.5. The fourth-order valence-electron chi connectivity index (χ4n) is 3.47. The molecular formula is C20H23F2N5O. The number of benzene rings is 1. The lowest BCUT2D eigenvalue weighted by atomic mass is 9.93. The van der Waals surface area contributed by atoms with Crippen LogP contribution in [0.15, 0.2) is 24.4 Å². The number of nitrogens with one attached hydrogen (secondary N) is 1. The van der Waals surface area contributed by atoms with Gasteiger partial charge < -0.3 is 10.2 Å². The maximum absolute atomic E-state index is 13.3. The minimum absolute atomic E-state index is 0.0460. The minimum Gasteiger partial charge on any atom is -0.320 e. The fraction of sp³-hybridized carbons (Fsp3) is 0.450. The fourth-order valence-corrected chi connectivity index (χ4v) is 3.47. The number of carbonyl (C=O) groups is 1. The summed E-state index contributed by atoms with van der Waals surface area (Å²) in [7, 11) is 0. The molecule has 2 heterocycles. The average Bonchev–Trinajstić information content (AvgIpc) is 3.03. The van der Waals surface area contributed by atoms with E-state index in [0.29, 0.717) is 32.5 Å². The number of rotatable bonds is 5. The molecule has 1 N–H and O–H groups in total. The number of urea groups is 1. The summed E-state index contributed by atoms with van der Waals surface area (Å²) in [5.74, 6) is 0.246. The number of aromatic nitrogens is 2. The summed E-state index contributed by atoms with van der Waals surface area (Å²) in [4.78, 5) is 14.3. The van der Waals surface area contributed by atoms with Crippen molar-refractivity contribution in [3.05, 3.63) is 46.8 Å². The van der Waals surface area contributed by atoms with Gasteiger partial charge in [-0.05, 0) is 29.0 Å². The molecule has 0 bridgehead atoms. The Balaban J connectivity index is 1.75. The lowest BCUT2D eigenvalue weighted by Crippen LogP contribution is -2.39. The van der Waals surface area contributed by atoms with Crippen LogP contribution in [0.5, 0.6) is 0 Å². The van der Waals surface area contributed by atoms with Crippen molar-refractivity contribution in [2.45, 2.75) is 46.2 Å². The van der Waals surface area contributed by atoms with Gasteiger partial charge in [0.05, 0.1) is 18.2 Å². The van der Waals surface area contributed by atoms with Gasteiger partial charge in [-0.3, -0.25) is 4.68 Å². The van der Waals surface area contributed by atoms with Crippen molar-refractivity contribution in [2.75, 3.05) is 11.9 Å². The van der Waals surface area contributed by atoms with Crippen LogP contribution in [0.1, 0.15) is 42.7 Å². The van der Waals surface area contributed by atoms with Crippen LogP contribution >= 0.6 is 0 Å². The molecule has 0 fully saturated rings. The molecule has 3 rings (SSSR count). The zero-order valence-corrected chi connectivity index (χ0v) is 16.0. The molecular weight excluding hydrogens is 364 g/mol.